The summed E-state index contributed by atoms with van der Waals surface area (Å²) in [6.07, 6.45) is 0.142. The molecule has 5 heteroatoms. The van der Waals surface area contributed by atoms with Crippen molar-refractivity contribution in [3.8, 4) is 0 Å². The van der Waals surface area contributed by atoms with Gasteiger partial charge in [-0.05, 0) is 32.4 Å². The van der Waals surface area contributed by atoms with E-state index >= 15 is 0 Å². The van der Waals surface area contributed by atoms with E-state index in [1.54, 1.807) is 19.1 Å². The van der Waals surface area contributed by atoms with E-state index in [-0.39, 0.29) is 12.5 Å². The van der Waals surface area contributed by atoms with Crippen LogP contribution in [0.25, 0.3) is 0 Å². The number of aliphatic hydroxyl groups excluding tert-OH is 1. The van der Waals surface area contributed by atoms with Crippen molar-refractivity contribution in [3.63, 3.8) is 0 Å². The first-order chi connectivity index (χ1) is 8.45. The van der Waals surface area contributed by atoms with Crippen molar-refractivity contribution in [2.45, 2.75) is 33.3 Å². The zero-order valence-electron chi connectivity index (χ0n) is 10.8. The molecule has 0 spiro atoms. The van der Waals surface area contributed by atoms with Crippen molar-refractivity contribution in [1.82, 2.24) is 5.32 Å². The third kappa shape index (κ3) is 4.12. The van der Waals surface area contributed by atoms with Crippen LogP contribution in [0.1, 0.15) is 38.2 Å². The van der Waals surface area contributed by atoms with Crippen LogP contribution in [0, 0.1) is 0 Å². The Kier molecular flexibility index (Phi) is 5.85. The van der Waals surface area contributed by atoms with Crippen LogP contribution in [0.3, 0.4) is 0 Å². The van der Waals surface area contributed by atoms with Crippen molar-refractivity contribution < 1.29 is 9.90 Å². The van der Waals surface area contributed by atoms with Crippen LogP contribution in [-0.4, -0.2) is 17.6 Å². The van der Waals surface area contributed by atoms with E-state index in [4.69, 9.17) is 11.6 Å². The van der Waals surface area contributed by atoms with Gasteiger partial charge >= 0.3 is 0 Å². The van der Waals surface area contributed by atoms with E-state index in [1.165, 1.54) is 11.3 Å². The van der Waals surface area contributed by atoms with Crippen molar-refractivity contribution >= 4 is 28.8 Å². The van der Waals surface area contributed by atoms with Crippen molar-refractivity contribution in [1.29, 1.82) is 0 Å². The zero-order chi connectivity index (χ0) is 13.7. The molecule has 0 aromatic carbocycles. The highest BCUT2D eigenvalue weighted by atomic mass is 35.5. The summed E-state index contributed by atoms with van der Waals surface area (Å²) in [4.78, 5) is 12.5. The van der Waals surface area contributed by atoms with Gasteiger partial charge in [0.15, 0.2) is 0 Å². The summed E-state index contributed by atoms with van der Waals surface area (Å²) in [7, 11) is 0. The lowest BCUT2D eigenvalue weighted by Gasteiger charge is -2.11. The Hall–Kier alpha value is -0.840. The fraction of sp³-hybridized carbons (Fsp3) is 0.462. The highest BCUT2D eigenvalue weighted by molar-refractivity contribution is 7.16. The molecule has 0 aliphatic rings. The van der Waals surface area contributed by atoms with Gasteiger partial charge in [-0.25, -0.2) is 0 Å². The number of amides is 1. The summed E-state index contributed by atoms with van der Waals surface area (Å²) in [6, 6.07) is 3.50. The topological polar surface area (TPSA) is 49.3 Å². The molecule has 0 radical (unpaired) electrons. The minimum absolute atomic E-state index is 0.129. The summed E-state index contributed by atoms with van der Waals surface area (Å²) in [5, 5.41) is 12.6. The molecule has 0 aliphatic carbocycles. The van der Waals surface area contributed by atoms with Crippen molar-refractivity contribution in [2.75, 3.05) is 6.54 Å². The Bertz CT molecular complexity index is 454. The van der Waals surface area contributed by atoms with Crippen LogP contribution in [0.5, 0.6) is 0 Å². The lowest BCUT2D eigenvalue weighted by molar-refractivity contribution is -0.118. The van der Waals surface area contributed by atoms with Gasteiger partial charge < -0.3 is 10.4 Å². The van der Waals surface area contributed by atoms with Gasteiger partial charge in [0, 0.05) is 17.0 Å². The number of aliphatic hydroxyl groups is 1. The summed E-state index contributed by atoms with van der Waals surface area (Å²) >= 11 is 7.11. The Balaban J connectivity index is 2.53. The normalized spacial score (nSPS) is 14.1. The highest BCUT2D eigenvalue weighted by Gasteiger charge is 2.13. The molecule has 0 saturated carbocycles. The fourth-order valence-corrected chi connectivity index (χ4v) is 2.44. The number of nitrogens with one attached hydrogen (secondary N) is 1. The molecule has 1 aromatic rings. The number of hydrogen-bond acceptors (Lipinski definition) is 3. The molecule has 1 aromatic heterocycles. The van der Waals surface area contributed by atoms with Gasteiger partial charge in [0.25, 0.3) is 0 Å². The average Bonchev–Trinajstić information content (AvgIpc) is 2.80. The quantitative estimate of drug-likeness (QED) is 0.817. The first-order valence-electron chi connectivity index (χ1n) is 5.83. The SMILES string of the molecule is CC/C(C)=C(/C)C(=O)NCC(O)c1ccc(Cl)s1. The third-order valence-electron chi connectivity index (χ3n) is 2.89. The minimum atomic E-state index is -0.707. The van der Waals surface area contributed by atoms with Crippen LogP contribution in [0.15, 0.2) is 23.3 Å². The second-order valence-electron chi connectivity index (χ2n) is 4.13. The number of allylic oxidation sites excluding steroid dienone is 1. The van der Waals surface area contributed by atoms with Crippen LogP contribution >= 0.6 is 22.9 Å². The monoisotopic (exact) mass is 287 g/mol. The third-order valence-corrected chi connectivity index (χ3v) is 4.22. The van der Waals surface area contributed by atoms with E-state index in [1.807, 2.05) is 13.8 Å². The first kappa shape index (κ1) is 15.2. The van der Waals surface area contributed by atoms with Gasteiger partial charge in [0.2, 0.25) is 5.91 Å². The largest absolute Gasteiger partial charge is 0.386 e. The molecule has 2 N–H and O–H groups in total. The van der Waals surface area contributed by atoms with Crippen LogP contribution < -0.4 is 5.32 Å². The van der Waals surface area contributed by atoms with E-state index < -0.39 is 6.10 Å². The maximum atomic E-state index is 11.8. The second-order valence-corrected chi connectivity index (χ2v) is 5.87. The molecule has 1 rings (SSSR count). The summed E-state index contributed by atoms with van der Waals surface area (Å²) in [5.41, 5.74) is 1.77. The molecule has 100 valence electrons. The van der Waals surface area contributed by atoms with Crippen LogP contribution in [0.2, 0.25) is 4.34 Å². The molecule has 1 heterocycles. The Morgan fingerprint density at radius 3 is 2.67 bits per heavy atom. The van der Waals surface area contributed by atoms with E-state index in [2.05, 4.69) is 5.32 Å². The minimum Gasteiger partial charge on any atom is -0.386 e. The lowest BCUT2D eigenvalue weighted by atomic mass is 10.1. The molecule has 1 unspecified atom stereocenters. The highest BCUT2D eigenvalue weighted by Crippen LogP contribution is 2.26. The van der Waals surface area contributed by atoms with E-state index in [0.29, 0.717) is 9.91 Å². The predicted octanol–water partition coefficient (Wildman–Crippen LogP) is 3.30. The summed E-state index contributed by atoms with van der Waals surface area (Å²) < 4.78 is 0.633. The number of rotatable bonds is 5. The van der Waals surface area contributed by atoms with Crippen molar-refractivity contribution in [2.24, 2.45) is 0 Å². The molecule has 1 amide bonds. The molecule has 0 saturated heterocycles. The smallest absolute Gasteiger partial charge is 0.246 e. The maximum Gasteiger partial charge on any atom is 0.246 e. The Morgan fingerprint density at radius 2 is 2.17 bits per heavy atom. The standard InChI is InChI=1S/C13H18ClNO2S/c1-4-8(2)9(3)13(17)15-7-10(16)11-5-6-12(14)18-11/h5-6,10,16H,4,7H2,1-3H3,(H,15,17)/b9-8-. The first-order valence-corrected chi connectivity index (χ1v) is 7.03. The van der Waals surface area contributed by atoms with E-state index in [9.17, 15) is 9.90 Å². The van der Waals surface area contributed by atoms with Gasteiger partial charge in [0.1, 0.15) is 6.10 Å². The molecule has 3 nitrogen and oxygen atoms in total. The zero-order valence-corrected chi connectivity index (χ0v) is 12.4. The van der Waals surface area contributed by atoms with Gasteiger partial charge in [-0.15, -0.1) is 11.3 Å². The number of halogens is 1. The molecular formula is C13H18ClNO2S. The molecule has 0 fully saturated rings. The number of carbonyl (C=O) groups excluding carboxylic acids is 1. The molecule has 0 aliphatic heterocycles. The number of carbonyl (C=O) groups is 1. The molecule has 18 heavy (non-hydrogen) atoms. The Labute approximate surface area is 116 Å². The fourth-order valence-electron chi connectivity index (χ4n) is 1.39. The van der Waals surface area contributed by atoms with E-state index in [0.717, 1.165) is 16.9 Å². The van der Waals surface area contributed by atoms with Gasteiger partial charge in [-0.3, -0.25) is 4.79 Å². The van der Waals surface area contributed by atoms with Gasteiger partial charge in [0.05, 0.1) is 4.34 Å². The number of hydrogen-bond donors (Lipinski definition) is 2. The average molecular weight is 288 g/mol. The number of thiophene rings is 1. The molecule has 0 bridgehead atoms. The predicted molar refractivity (Wildman–Crippen MR) is 76.0 cm³/mol. The van der Waals surface area contributed by atoms with Crippen LogP contribution in [-0.2, 0) is 4.79 Å². The van der Waals surface area contributed by atoms with Crippen molar-refractivity contribution in [3.05, 3.63) is 32.5 Å². The van der Waals surface area contributed by atoms with Crippen LogP contribution in [0.4, 0.5) is 0 Å². The molecule has 1 atom stereocenters. The molecular weight excluding hydrogens is 270 g/mol. The summed E-state index contributed by atoms with van der Waals surface area (Å²) in [5.74, 6) is -0.129. The Morgan fingerprint density at radius 1 is 1.50 bits per heavy atom. The van der Waals surface area contributed by atoms with Gasteiger partial charge in [-0.2, -0.15) is 0 Å². The van der Waals surface area contributed by atoms with Gasteiger partial charge in [-0.1, -0.05) is 24.1 Å². The lowest BCUT2D eigenvalue weighted by Crippen LogP contribution is -2.29. The second kappa shape index (κ2) is 6.92. The summed E-state index contributed by atoms with van der Waals surface area (Å²) in [6.45, 7) is 5.94. The maximum absolute atomic E-state index is 11.8.